The van der Waals surface area contributed by atoms with Gasteiger partial charge in [0.25, 0.3) is 0 Å². The molecule has 0 atom stereocenters. The van der Waals surface area contributed by atoms with Crippen LogP contribution in [-0.4, -0.2) is 64.1 Å². The Bertz CT molecular complexity index is 3530. The number of nitrogen functional groups attached to an aromatic ring is 1. The van der Waals surface area contributed by atoms with Crippen molar-refractivity contribution in [2.24, 2.45) is 17.2 Å². The number of carbonyl (C=O) groups excluding carboxylic acids is 4. The summed E-state index contributed by atoms with van der Waals surface area (Å²) in [5, 5.41) is 5.31. The standard InChI is InChI=1S/C22H22N4O2.C21H20N2O.C18H17N5O.HNO2S/c1-24-22(28)26-19-6-2-4-16(13-19)20-9-7-15(18-5-3-11-25-14-18)12-17(20)8-10-21(23)27;1-15-4-2-5-17(12-15)20-9-7-16(19-6-3-11-23-14-19)13-18(20)8-10-21(22)24;19-17-10-16(22-11-23-17)14-6-4-13(15-3-1-2-8-21-15)9-12(14)5-7-18(20)24;1-4(2)3/h2-7,9,11-14H,8,10H2,1H3,(H2,23,27)(H2,24,26,28);2-7,9,11-14H,8,10H2,1H3,(H2,22,24);1-4,6,8-11H,5,7H2,(H2,20,24)(H2,19,22,23);1H. The van der Waals surface area contributed by atoms with Gasteiger partial charge in [-0.1, -0.05) is 109 Å². The molecule has 0 bridgehead atoms. The first-order valence-corrected chi connectivity index (χ1v) is 26.1. The van der Waals surface area contributed by atoms with Gasteiger partial charge in [0.05, 0.1) is 11.4 Å². The molecule has 4 aromatic heterocycles. The van der Waals surface area contributed by atoms with Crippen LogP contribution < -0.4 is 33.6 Å². The molecule has 0 aliphatic rings. The van der Waals surface area contributed by atoms with E-state index in [0.29, 0.717) is 37.2 Å². The van der Waals surface area contributed by atoms with Crippen molar-refractivity contribution < 1.29 is 27.6 Å². The van der Waals surface area contributed by atoms with Gasteiger partial charge in [0.1, 0.15) is 12.1 Å². The third kappa shape index (κ3) is 18.5. The van der Waals surface area contributed by atoms with E-state index in [1.807, 2.05) is 103 Å². The second-order valence-corrected chi connectivity index (χ2v) is 18.4. The fourth-order valence-electron chi connectivity index (χ4n) is 8.40. The zero-order valence-electron chi connectivity index (χ0n) is 44.0. The highest BCUT2D eigenvalue weighted by Gasteiger charge is 2.14. The summed E-state index contributed by atoms with van der Waals surface area (Å²) in [6.45, 7) is 2.08. The van der Waals surface area contributed by atoms with Crippen LogP contribution >= 0.6 is 0 Å². The van der Waals surface area contributed by atoms with Crippen molar-refractivity contribution in [1.29, 1.82) is 4.78 Å². The number of rotatable bonds is 16. The van der Waals surface area contributed by atoms with Gasteiger partial charge >= 0.3 is 16.5 Å². The minimum atomic E-state index is -2.61. The lowest BCUT2D eigenvalue weighted by Gasteiger charge is -2.13. The number of nitrogens with zero attached hydrogens (tertiary/aromatic N) is 5. The Balaban J connectivity index is 0.000000188. The lowest BCUT2D eigenvalue weighted by atomic mass is 9.92. The molecule has 9 aromatic rings. The monoisotopic (exact) mass is 1090 g/mol. The summed E-state index contributed by atoms with van der Waals surface area (Å²) in [7, 11) is -1.04. The highest BCUT2D eigenvalue weighted by molar-refractivity contribution is 7.60. The number of amides is 5. The zero-order valence-corrected chi connectivity index (χ0v) is 44.9. The molecule has 5 amide bonds. The Labute approximate surface area is 465 Å². The summed E-state index contributed by atoms with van der Waals surface area (Å²) in [5.74, 6) is -0.564. The van der Waals surface area contributed by atoms with E-state index in [1.165, 1.54) is 11.9 Å². The lowest BCUT2D eigenvalue weighted by Crippen LogP contribution is -2.24. The van der Waals surface area contributed by atoms with Crippen molar-refractivity contribution >= 4 is 45.8 Å². The number of primary amides is 3. The third-order valence-corrected chi connectivity index (χ3v) is 12.1. The number of benzene rings is 5. The average molecular weight is 1090 g/mol. The van der Waals surface area contributed by atoms with Gasteiger partial charge in [-0.15, -0.1) is 0 Å². The number of pyridine rings is 3. The van der Waals surface area contributed by atoms with Gasteiger partial charge in [-0.3, -0.25) is 29.3 Å². The quantitative estimate of drug-likeness (QED) is 0.0476. The molecule has 18 nitrogen and oxygen atoms in total. The van der Waals surface area contributed by atoms with Gasteiger partial charge in [-0.2, -0.15) is 13.2 Å². The summed E-state index contributed by atoms with van der Waals surface area (Å²) in [6.07, 6.45) is 12.9. The van der Waals surface area contributed by atoms with Gasteiger partial charge < -0.3 is 33.6 Å². The molecule has 0 fully saturated rings. The number of nitrogens with one attached hydrogen (secondary N) is 3. The van der Waals surface area contributed by atoms with Crippen molar-refractivity contribution in [2.75, 3.05) is 18.1 Å². The fourth-order valence-corrected chi connectivity index (χ4v) is 8.40. The molecule has 0 unspecified atom stereocenters. The van der Waals surface area contributed by atoms with Crippen LogP contribution in [0.5, 0.6) is 0 Å². The van der Waals surface area contributed by atoms with Crippen LogP contribution in [0.4, 0.5) is 16.3 Å². The van der Waals surface area contributed by atoms with Gasteiger partial charge in [0.2, 0.25) is 17.7 Å². The number of hydrogen-bond acceptors (Lipinski definition) is 13. The van der Waals surface area contributed by atoms with Gasteiger partial charge in [0.15, 0.2) is 0 Å². The van der Waals surface area contributed by atoms with Crippen LogP contribution in [0.3, 0.4) is 0 Å². The van der Waals surface area contributed by atoms with E-state index in [4.69, 9.17) is 36.1 Å². The topological polar surface area (TPSA) is 319 Å². The number of hydrogen-bond donors (Lipinski definition) is 7. The number of aryl methyl sites for hydroxylation is 4. The Morgan fingerprint density at radius 3 is 1.49 bits per heavy atom. The average Bonchev–Trinajstić information content (AvgIpc) is 3.48. The molecule has 0 saturated carbocycles. The van der Waals surface area contributed by atoms with E-state index in [0.717, 1.165) is 83.7 Å². The second kappa shape index (κ2) is 29.9. The summed E-state index contributed by atoms with van der Waals surface area (Å²) >= 11 is 0. The molecule has 4 heterocycles. The maximum absolute atomic E-state index is 11.6. The molecule has 0 saturated heterocycles. The zero-order chi connectivity index (χ0) is 57.4. The van der Waals surface area contributed by atoms with Crippen LogP contribution in [0.25, 0.3) is 67.0 Å². The maximum atomic E-state index is 11.6. The van der Waals surface area contributed by atoms with Crippen molar-refractivity contribution in [1.82, 2.24) is 30.2 Å². The van der Waals surface area contributed by atoms with Crippen molar-refractivity contribution in [3.8, 4) is 67.0 Å². The summed E-state index contributed by atoms with van der Waals surface area (Å²) in [4.78, 5) is 66.3. The Hall–Kier alpha value is -10.3. The number of aromatic nitrogens is 5. The van der Waals surface area contributed by atoms with E-state index in [1.54, 1.807) is 37.9 Å². The molecule has 19 heteroatoms. The molecule has 9 rings (SSSR count). The second-order valence-electron chi connectivity index (χ2n) is 17.9. The van der Waals surface area contributed by atoms with Gasteiger partial charge in [-0.05, 0) is 130 Å². The highest BCUT2D eigenvalue weighted by Crippen LogP contribution is 2.33. The Morgan fingerprint density at radius 1 is 0.500 bits per heavy atom. The molecular weight excluding hydrogens is 1030 g/mol. The molecule has 0 spiro atoms. The first kappa shape index (κ1) is 59.0. The van der Waals surface area contributed by atoms with Crippen LogP contribution in [0.2, 0.25) is 0 Å². The third-order valence-electron chi connectivity index (χ3n) is 12.1. The van der Waals surface area contributed by atoms with Gasteiger partial charge in [-0.25, -0.2) is 14.8 Å². The predicted octanol–water partition coefficient (Wildman–Crippen LogP) is 9.56. The molecule has 406 valence electrons. The van der Waals surface area contributed by atoms with Crippen molar-refractivity contribution in [3.63, 3.8) is 0 Å². The van der Waals surface area contributed by atoms with E-state index < -0.39 is 10.5 Å². The molecular formula is C61H60N12O6S. The number of urea groups is 1. The summed E-state index contributed by atoms with van der Waals surface area (Å²) in [5.41, 5.74) is 38.7. The lowest BCUT2D eigenvalue weighted by molar-refractivity contribution is -0.118. The van der Waals surface area contributed by atoms with Gasteiger partial charge in [0, 0.05) is 80.2 Å². The van der Waals surface area contributed by atoms with Crippen LogP contribution in [0.15, 0.2) is 189 Å². The Kier molecular flexibility index (Phi) is 22.0. The minimum Gasteiger partial charge on any atom is -0.384 e. The van der Waals surface area contributed by atoms with Crippen molar-refractivity contribution in [3.05, 3.63) is 211 Å². The van der Waals surface area contributed by atoms with Crippen LogP contribution in [-0.2, 0) is 44.1 Å². The van der Waals surface area contributed by atoms with Crippen LogP contribution in [0.1, 0.15) is 41.5 Å². The molecule has 5 aromatic carbocycles. The largest absolute Gasteiger partial charge is 0.384 e. The molecule has 0 aliphatic heterocycles. The summed E-state index contributed by atoms with van der Waals surface area (Å²) < 4.78 is 22.8. The van der Waals surface area contributed by atoms with E-state index in [2.05, 4.69) is 91.0 Å². The van der Waals surface area contributed by atoms with E-state index >= 15 is 0 Å². The predicted molar refractivity (Wildman–Crippen MR) is 312 cm³/mol. The molecule has 80 heavy (non-hydrogen) atoms. The molecule has 0 aliphatic carbocycles. The Morgan fingerprint density at radius 2 is 1.00 bits per heavy atom. The first-order valence-electron chi connectivity index (χ1n) is 25.1. The minimum absolute atomic E-state index is 0.263. The number of carbonyl (C=O) groups is 4. The molecule has 11 N–H and O–H groups in total. The van der Waals surface area contributed by atoms with E-state index in [9.17, 15) is 19.2 Å². The first-order chi connectivity index (χ1) is 38.6. The maximum Gasteiger partial charge on any atom is 0.318 e. The fraction of sp³-hybridized carbons (Fsp3) is 0.131. The number of nitrogens with two attached hydrogens (primary N) is 4. The smallest absolute Gasteiger partial charge is 0.318 e. The normalized spacial score (nSPS) is 10.2. The summed E-state index contributed by atoms with van der Waals surface area (Å²) in [6, 6.07) is 49.4. The van der Waals surface area contributed by atoms with E-state index in [-0.39, 0.29) is 36.6 Å². The van der Waals surface area contributed by atoms with Crippen molar-refractivity contribution in [2.45, 2.75) is 45.4 Å². The highest BCUT2D eigenvalue weighted by atomic mass is 32.2. The van der Waals surface area contributed by atoms with Crippen LogP contribution in [0, 0.1) is 11.7 Å². The SMILES string of the molecule is CNC(=O)Nc1cccc(-c2ccc(-c3cccnc3)cc2CCC(N)=O)c1.Cc1cccc(-c2ccc(-c3cccnc3)cc2CCC(N)=O)c1.N=S(=O)=O.NC(=O)CCc1cc(-c2ccccn2)ccc1-c1cc(N)ncn1. The number of anilines is 2. The molecule has 0 radical (unpaired) electrons.